The molecule has 0 fully saturated rings. The van der Waals surface area contributed by atoms with Crippen LogP contribution in [-0.4, -0.2) is 12.6 Å². The molecule has 0 bridgehead atoms. The van der Waals surface area contributed by atoms with E-state index < -0.39 is 0 Å². The van der Waals surface area contributed by atoms with E-state index in [0.717, 1.165) is 27.8 Å². The number of hydrogen-bond donors (Lipinski definition) is 1. The van der Waals surface area contributed by atoms with Gasteiger partial charge in [0, 0.05) is 6.54 Å². The van der Waals surface area contributed by atoms with Crippen LogP contribution in [0.15, 0.2) is 33.7 Å². The molecule has 1 unspecified atom stereocenters. The van der Waals surface area contributed by atoms with Gasteiger partial charge < -0.3 is 10.1 Å². The normalized spacial score (nSPS) is 12.5. The summed E-state index contributed by atoms with van der Waals surface area (Å²) in [5, 5.41) is 3.43. The molecular formula is C15H21Br2NO. The zero-order valence-corrected chi connectivity index (χ0v) is 14.8. The Bertz CT molecular complexity index is 409. The second-order valence-electron chi connectivity index (χ2n) is 4.97. The fourth-order valence-corrected chi connectivity index (χ4v) is 3.03. The van der Waals surface area contributed by atoms with Crippen LogP contribution in [-0.2, 0) is 6.54 Å². The van der Waals surface area contributed by atoms with E-state index in [1.54, 1.807) is 6.08 Å². The number of hydrogen-bond acceptors (Lipinski definition) is 2. The number of benzene rings is 1. The Kier molecular flexibility index (Phi) is 7.11. The van der Waals surface area contributed by atoms with Crippen molar-refractivity contribution in [2.24, 2.45) is 5.92 Å². The molecule has 0 spiro atoms. The Morgan fingerprint density at radius 3 is 2.32 bits per heavy atom. The molecule has 0 heterocycles. The summed E-state index contributed by atoms with van der Waals surface area (Å²) in [4.78, 5) is 0. The first-order valence-corrected chi connectivity index (χ1v) is 8.00. The van der Waals surface area contributed by atoms with Crippen LogP contribution in [0.2, 0.25) is 0 Å². The summed E-state index contributed by atoms with van der Waals surface area (Å²) in [6.07, 6.45) is 1.76. The summed E-state index contributed by atoms with van der Waals surface area (Å²) < 4.78 is 7.70. The number of halogens is 2. The first-order chi connectivity index (χ1) is 8.93. The van der Waals surface area contributed by atoms with Crippen molar-refractivity contribution in [3.63, 3.8) is 0 Å². The molecule has 0 aliphatic heterocycles. The monoisotopic (exact) mass is 389 g/mol. The lowest BCUT2D eigenvalue weighted by Gasteiger charge is -2.15. The van der Waals surface area contributed by atoms with Crippen LogP contribution < -0.4 is 10.1 Å². The van der Waals surface area contributed by atoms with Crippen molar-refractivity contribution in [1.82, 2.24) is 5.32 Å². The van der Waals surface area contributed by atoms with Crippen molar-refractivity contribution in [2.45, 2.75) is 33.4 Å². The molecule has 1 aromatic carbocycles. The van der Waals surface area contributed by atoms with Crippen molar-refractivity contribution in [3.05, 3.63) is 39.3 Å². The molecule has 1 atom stereocenters. The van der Waals surface area contributed by atoms with E-state index in [-0.39, 0.29) is 6.10 Å². The summed E-state index contributed by atoms with van der Waals surface area (Å²) >= 11 is 7.12. The van der Waals surface area contributed by atoms with Gasteiger partial charge in [-0.25, -0.2) is 0 Å². The minimum Gasteiger partial charge on any atom is -0.484 e. The summed E-state index contributed by atoms with van der Waals surface area (Å²) in [5.74, 6) is 1.47. The Morgan fingerprint density at radius 1 is 1.26 bits per heavy atom. The number of rotatable bonds is 7. The third kappa shape index (κ3) is 5.67. The van der Waals surface area contributed by atoms with Gasteiger partial charge in [-0.15, -0.1) is 0 Å². The van der Waals surface area contributed by atoms with Gasteiger partial charge in [-0.05, 0) is 68.9 Å². The van der Waals surface area contributed by atoms with Gasteiger partial charge in [0.15, 0.2) is 0 Å². The van der Waals surface area contributed by atoms with Gasteiger partial charge in [0.1, 0.15) is 11.9 Å². The highest BCUT2D eigenvalue weighted by molar-refractivity contribution is 9.11. The molecular weight excluding hydrogens is 370 g/mol. The van der Waals surface area contributed by atoms with Gasteiger partial charge in [-0.1, -0.05) is 26.5 Å². The summed E-state index contributed by atoms with van der Waals surface area (Å²) in [6.45, 7) is 12.0. The molecule has 0 aliphatic rings. The van der Waals surface area contributed by atoms with E-state index in [1.807, 2.05) is 6.92 Å². The summed E-state index contributed by atoms with van der Waals surface area (Å²) in [5.41, 5.74) is 1.22. The molecule has 19 heavy (non-hydrogen) atoms. The molecule has 106 valence electrons. The topological polar surface area (TPSA) is 21.3 Å². The van der Waals surface area contributed by atoms with Crippen molar-refractivity contribution < 1.29 is 4.74 Å². The Labute approximate surface area is 132 Å². The smallest absolute Gasteiger partial charge is 0.148 e. The third-order valence-electron chi connectivity index (χ3n) is 2.58. The quantitative estimate of drug-likeness (QED) is 0.667. The van der Waals surface area contributed by atoms with Gasteiger partial charge in [0.25, 0.3) is 0 Å². The molecule has 0 aliphatic carbocycles. The zero-order valence-electron chi connectivity index (χ0n) is 11.7. The molecule has 0 radical (unpaired) electrons. The number of ether oxygens (including phenoxy) is 1. The Hall–Kier alpha value is -0.320. The van der Waals surface area contributed by atoms with Gasteiger partial charge in [-0.2, -0.15) is 0 Å². The predicted molar refractivity (Wildman–Crippen MR) is 88.7 cm³/mol. The van der Waals surface area contributed by atoms with Gasteiger partial charge >= 0.3 is 0 Å². The Balaban J connectivity index is 2.76. The van der Waals surface area contributed by atoms with E-state index in [4.69, 9.17) is 4.74 Å². The molecule has 0 saturated heterocycles. The molecule has 1 rings (SSSR count). The maximum atomic E-state index is 5.79. The fraction of sp³-hybridized carbons (Fsp3) is 0.467. The SMILES string of the molecule is C=CC(C)Oc1c(Br)cc(CNCC(C)C)cc1Br. The van der Waals surface area contributed by atoms with Gasteiger partial charge in [0.2, 0.25) is 0 Å². The average molecular weight is 391 g/mol. The third-order valence-corrected chi connectivity index (χ3v) is 3.75. The number of nitrogens with one attached hydrogen (secondary N) is 1. The van der Waals surface area contributed by atoms with Crippen LogP contribution in [0.5, 0.6) is 5.75 Å². The van der Waals surface area contributed by atoms with Crippen LogP contribution in [0.1, 0.15) is 26.3 Å². The molecule has 0 saturated carbocycles. The van der Waals surface area contributed by atoms with Gasteiger partial charge in [-0.3, -0.25) is 0 Å². The van der Waals surface area contributed by atoms with Crippen LogP contribution in [0.25, 0.3) is 0 Å². The first-order valence-electron chi connectivity index (χ1n) is 6.42. The molecule has 2 nitrogen and oxygen atoms in total. The van der Waals surface area contributed by atoms with Gasteiger partial charge in [0.05, 0.1) is 8.95 Å². The summed E-state index contributed by atoms with van der Waals surface area (Å²) in [6, 6.07) is 4.17. The highest BCUT2D eigenvalue weighted by Gasteiger charge is 2.11. The summed E-state index contributed by atoms with van der Waals surface area (Å²) in [7, 11) is 0. The zero-order chi connectivity index (χ0) is 14.4. The average Bonchev–Trinajstić information content (AvgIpc) is 2.33. The Morgan fingerprint density at radius 2 is 1.84 bits per heavy atom. The van der Waals surface area contributed by atoms with E-state index in [1.165, 1.54) is 5.56 Å². The van der Waals surface area contributed by atoms with Crippen LogP contribution >= 0.6 is 31.9 Å². The lowest BCUT2D eigenvalue weighted by Crippen LogP contribution is -2.19. The molecule has 1 N–H and O–H groups in total. The lowest BCUT2D eigenvalue weighted by molar-refractivity contribution is 0.266. The maximum absolute atomic E-state index is 5.79. The lowest BCUT2D eigenvalue weighted by atomic mass is 10.2. The van der Waals surface area contributed by atoms with Crippen LogP contribution in [0.4, 0.5) is 0 Å². The minimum absolute atomic E-state index is 0.0162. The molecule has 0 aromatic heterocycles. The first kappa shape index (κ1) is 16.7. The fourth-order valence-electron chi connectivity index (χ4n) is 1.57. The van der Waals surface area contributed by atoms with Crippen LogP contribution in [0.3, 0.4) is 0 Å². The minimum atomic E-state index is -0.0162. The highest BCUT2D eigenvalue weighted by atomic mass is 79.9. The standard InChI is InChI=1S/C15H21Br2NO/c1-5-11(4)19-15-13(16)6-12(7-14(15)17)9-18-8-10(2)3/h5-7,10-11,18H,1,8-9H2,2-4H3. The molecule has 1 aromatic rings. The largest absolute Gasteiger partial charge is 0.484 e. The van der Waals surface area contributed by atoms with Crippen molar-refractivity contribution in [2.75, 3.05) is 6.54 Å². The predicted octanol–water partition coefficient (Wildman–Crippen LogP) is 4.91. The van der Waals surface area contributed by atoms with Crippen molar-refractivity contribution in [3.8, 4) is 5.75 Å². The maximum Gasteiger partial charge on any atom is 0.148 e. The van der Waals surface area contributed by atoms with Crippen LogP contribution in [0, 0.1) is 5.92 Å². The van der Waals surface area contributed by atoms with E-state index in [2.05, 4.69) is 69.7 Å². The highest BCUT2D eigenvalue weighted by Crippen LogP contribution is 2.35. The van der Waals surface area contributed by atoms with Crippen molar-refractivity contribution in [1.29, 1.82) is 0 Å². The van der Waals surface area contributed by atoms with Crippen molar-refractivity contribution >= 4 is 31.9 Å². The molecule has 4 heteroatoms. The van der Waals surface area contributed by atoms with E-state index in [9.17, 15) is 0 Å². The van der Waals surface area contributed by atoms with E-state index in [0.29, 0.717) is 5.92 Å². The second kappa shape index (κ2) is 8.08. The van der Waals surface area contributed by atoms with E-state index >= 15 is 0 Å². The molecule has 0 amide bonds. The second-order valence-corrected chi connectivity index (χ2v) is 6.68.